The van der Waals surface area contributed by atoms with Crippen LogP contribution in [0.5, 0.6) is 0 Å². The predicted molar refractivity (Wildman–Crippen MR) is 140 cm³/mol. The second kappa shape index (κ2) is 10.0. The molecule has 2 N–H and O–H groups in total. The Morgan fingerprint density at radius 1 is 1.11 bits per heavy atom. The molecule has 2 aromatic heterocycles. The van der Waals surface area contributed by atoms with Crippen LogP contribution in [0.25, 0.3) is 22.2 Å². The van der Waals surface area contributed by atoms with E-state index in [1.54, 1.807) is 30.3 Å². The number of carbonyl (C=O) groups excluding carboxylic acids is 1. The molecular weight excluding hydrogens is 452 g/mol. The third-order valence-corrected chi connectivity index (χ3v) is 7.27. The lowest BCUT2D eigenvalue weighted by atomic mass is 9.82. The Labute approximate surface area is 210 Å². The van der Waals surface area contributed by atoms with Gasteiger partial charge in [-0.1, -0.05) is 55.7 Å². The maximum absolute atomic E-state index is 13.5. The van der Waals surface area contributed by atoms with Crippen LogP contribution in [0.1, 0.15) is 65.5 Å². The van der Waals surface area contributed by atoms with Gasteiger partial charge in [0.1, 0.15) is 12.4 Å². The Kier molecular flexibility index (Phi) is 6.63. The van der Waals surface area contributed by atoms with E-state index in [-0.39, 0.29) is 18.0 Å². The molecule has 36 heavy (non-hydrogen) atoms. The van der Waals surface area contributed by atoms with Gasteiger partial charge < -0.3 is 19.6 Å². The van der Waals surface area contributed by atoms with E-state index in [1.165, 1.54) is 24.8 Å². The fourth-order valence-corrected chi connectivity index (χ4v) is 5.50. The minimum atomic E-state index is -0.971. The molecule has 0 aliphatic heterocycles. The summed E-state index contributed by atoms with van der Waals surface area (Å²) in [6.07, 6.45) is 7.57. The van der Waals surface area contributed by atoms with E-state index >= 15 is 0 Å². The Morgan fingerprint density at radius 3 is 2.53 bits per heavy atom. The Hall–Kier alpha value is -3.87. The number of carboxylic acid groups (broad SMARTS) is 1. The van der Waals surface area contributed by atoms with E-state index in [0.717, 1.165) is 46.5 Å². The van der Waals surface area contributed by atoms with Crippen molar-refractivity contribution in [3.8, 4) is 11.3 Å². The number of likely N-dealkylation sites (N-methyl/N-ethyl adjacent to an activating group) is 1. The predicted octanol–water partition coefficient (Wildman–Crippen LogP) is 5.74. The molecule has 186 valence electrons. The fraction of sp³-hybridized carbons (Fsp3) is 0.345. The van der Waals surface area contributed by atoms with Gasteiger partial charge in [0.05, 0.1) is 23.3 Å². The molecule has 1 fully saturated rings. The summed E-state index contributed by atoms with van der Waals surface area (Å²) in [6, 6.07) is 15.5. The van der Waals surface area contributed by atoms with E-state index in [2.05, 4.69) is 22.1 Å². The molecule has 0 bridgehead atoms. The first-order valence-electron chi connectivity index (χ1n) is 12.6. The van der Waals surface area contributed by atoms with Crippen LogP contribution in [0, 0.1) is 6.92 Å². The number of nitrogens with zero attached hydrogens (tertiary/aromatic N) is 3. The van der Waals surface area contributed by atoms with Crippen molar-refractivity contribution in [2.75, 3.05) is 7.05 Å². The summed E-state index contributed by atoms with van der Waals surface area (Å²) in [4.78, 5) is 34.5. The first-order chi connectivity index (χ1) is 17.4. The number of aromatic nitrogens is 3. The summed E-state index contributed by atoms with van der Waals surface area (Å²) in [6.45, 7) is 2.43. The molecule has 0 spiro atoms. The topological polar surface area (TPSA) is 91.2 Å². The van der Waals surface area contributed by atoms with E-state index in [4.69, 9.17) is 0 Å². The molecule has 2 aromatic carbocycles. The van der Waals surface area contributed by atoms with Gasteiger partial charge in [-0.15, -0.1) is 0 Å². The number of carboxylic acids is 1. The minimum absolute atomic E-state index is 0.0611. The summed E-state index contributed by atoms with van der Waals surface area (Å²) < 4.78 is 2.03. The van der Waals surface area contributed by atoms with Crippen molar-refractivity contribution < 1.29 is 14.7 Å². The second-order valence-electron chi connectivity index (χ2n) is 9.85. The van der Waals surface area contributed by atoms with Crippen LogP contribution in [-0.4, -0.2) is 43.5 Å². The highest BCUT2D eigenvalue weighted by Crippen LogP contribution is 2.44. The standard InChI is InChI=1S/C29H32N4O3/c1-19-16-30-25(31-19)17-32(2)26(34)18-33-24-15-22(29(35)36)13-14-23(24)27(20-9-5-3-6-10-20)28(33)21-11-7-4-8-12-21/h4,7-8,11-16,20H,3,5-6,9-10,17-18H2,1-2H3,(H,30,31)(H,35,36). The molecule has 2 heterocycles. The zero-order valence-corrected chi connectivity index (χ0v) is 20.8. The lowest BCUT2D eigenvalue weighted by Crippen LogP contribution is -2.30. The number of amides is 1. The van der Waals surface area contributed by atoms with Gasteiger partial charge in [0.2, 0.25) is 5.91 Å². The van der Waals surface area contributed by atoms with Gasteiger partial charge >= 0.3 is 5.97 Å². The highest BCUT2D eigenvalue weighted by Gasteiger charge is 2.28. The normalized spacial score (nSPS) is 14.3. The van der Waals surface area contributed by atoms with Crippen LogP contribution in [0.4, 0.5) is 0 Å². The molecular formula is C29H32N4O3. The van der Waals surface area contributed by atoms with Crippen molar-refractivity contribution in [1.29, 1.82) is 0 Å². The number of aromatic carboxylic acids is 1. The first-order valence-corrected chi connectivity index (χ1v) is 12.6. The number of aryl methyl sites for hydroxylation is 1. The van der Waals surface area contributed by atoms with E-state index in [9.17, 15) is 14.7 Å². The average molecular weight is 485 g/mol. The molecule has 0 atom stereocenters. The molecule has 1 aliphatic carbocycles. The lowest BCUT2D eigenvalue weighted by Gasteiger charge is -2.24. The molecule has 0 radical (unpaired) electrons. The van der Waals surface area contributed by atoms with Crippen molar-refractivity contribution in [2.45, 2.75) is 58.0 Å². The van der Waals surface area contributed by atoms with Crippen LogP contribution >= 0.6 is 0 Å². The van der Waals surface area contributed by atoms with Gasteiger partial charge in [-0.3, -0.25) is 4.79 Å². The second-order valence-corrected chi connectivity index (χ2v) is 9.85. The molecule has 0 unspecified atom stereocenters. The number of benzene rings is 2. The summed E-state index contributed by atoms with van der Waals surface area (Å²) in [7, 11) is 1.78. The van der Waals surface area contributed by atoms with Crippen LogP contribution < -0.4 is 0 Å². The van der Waals surface area contributed by atoms with Gasteiger partial charge in [0, 0.05) is 24.3 Å². The van der Waals surface area contributed by atoms with Crippen LogP contribution in [0.15, 0.2) is 54.7 Å². The zero-order chi connectivity index (χ0) is 25.2. The third-order valence-electron chi connectivity index (χ3n) is 7.27. The number of imidazole rings is 1. The first kappa shape index (κ1) is 23.9. The van der Waals surface area contributed by atoms with Crippen LogP contribution in [0.3, 0.4) is 0 Å². The molecule has 1 aliphatic rings. The van der Waals surface area contributed by atoms with E-state index < -0.39 is 5.97 Å². The quantitative estimate of drug-likeness (QED) is 0.350. The minimum Gasteiger partial charge on any atom is -0.478 e. The maximum Gasteiger partial charge on any atom is 0.335 e. The van der Waals surface area contributed by atoms with Crippen molar-refractivity contribution in [1.82, 2.24) is 19.4 Å². The number of nitrogens with one attached hydrogen (secondary N) is 1. The van der Waals surface area contributed by atoms with Crippen molar-refractivity contribution in [3.05, 3.63) is 77.4 Å². The molecule has 7 nitrogen and oxygen atoms in total. The number of carbonyl (C=O) groups is 2. The summed E-state index contributed by atoms with van der Waals surface area (Å²) >= 11 is 0. The molecule has 0 saturated heterocycles. The maximum atomic E-state index is 13.5. The summed E-state index contributed by atoms with van der Waals surface area (Å²) in [5, 5.41) is 10.8. The van der Waals surface area contributed by atoms with E-state index in [0.29, 0.717) is 12.5 Å². The monoisotopic (exact) mass is 484 g/mol. The van der Waals surface area contributed by atoms with Gasteiger partial charge in [-0.25, -0.2) is 9.78 Å². The van der Waals surface area contributed by atoms with Gasteiger partial charge in [0.15, 0.2) is 0 Å². The number of hydrogen-bond acceptors (Lipinski definition) is 3. The van der Waals surface area contributed by atoms with E-state index in [1.807, 2.05) is 35.8 Å². The molecule has 1 amide bonds. The van der Waals surface area contributed by atoms with Crippen LogP contribution in [0.2, 0.25) is 0 Å². The van der Waals surface area contributed by atoms with Gasteiger partial charge in [0.25, 0.3) is 0 Å². The average Bonchev–Trinajstić information content (AvgIpc) is 3.45. The summed E-state index contributed by atoms with van der Waals surface area (Å²) in [5.41, 5.74) is 5.28. The Bertz CT molecular complexity index is 1400. The number of H-pyrrole nitrogens is 1. The van der Waals surface area contributed by atoms with Crippen molar-refractivity contribution in [3.63, 3.8) is 0 Å². The highest BCUT2D eigenvalue weighted by molar-refractivity contribution is 5.99. The Morgan fingerprint density at radius 2 is 1.86 bits per heavy atom. The molecule has 7 heteroatoms. The zero-order valence-electron chi connectivity index (χ0n) is 20.8. The van der Waals surface area contributed by atoms with Crippen LogP contribution in [-0.2, 0) is 17.9 Å². The van der Waals surface area contributed by atoms with Gasteiger partial charge in [-0.05, 0) is 48.9 Å². The lowest BCUT2D eigenvalue weighted by molar-refractivity contribution is -0.131. The van der Waals surface area contributed by atoms with Crippen molar-refractivity contribution in [2.24, 2.45) is 0 Å². The highest BCUT2D eigenvalue weighted by atomic mass is 16.4. The fourth-order valence-electron chi connectivity index (χ4n) is 5.50. The summed E-state index contributed by atoms with van der Waals surface area (Å²) in [5.74, 6) is 0.0863. The van der Waals surface area contributed by atoms with Crippen molar-refractivity contribution >= 4 is 22.8 Å². The number of rotatable bonds is 7. The SMILES string of the molecule is Cc1cnc(CN(C)C(=O)Cn2c(-c3ccccc3)c(C3CCCCC3)c3ccc(C(=O)O)cc32)[nH]1. The molecule has 4 aromatic rings. The number of hydrogen-bond donors (Lipinski definition) is 2. The third kappa shape index (κ3) is 4.65. The van der Waals surface area contributed by atoms with Gasteiger partial charge in [-0.2, -0.15) is 0 Å². The molecule has 5 rings (SSSR count). The Balaban J connectivity index is 1.64. The largest absolute Gasteiger partial charge is 0.478 e. The smallest absolute Gasteiger partial charge is 0.335 e. The molecule has 1 saturated carbocycles. The number of aromatic amines is 1. The number of fused-ring (bicyclic) bond motifs is 1.